The Morgan fingerprint density at radius 2 is 1.76 bits per heavy atom. The Bertz CT molecular complexity index is 990. The van der Waals surface area contributed by atoms with Crippen LogP contribution in [0.25, 0.3) is 0 Å². The van der Waals surface area contributed by atoms with Crippen molar-refractivity contribution >= 4 is 21.8 Å². The van der Waals surface area contributed by atoms with Gasteiger partial charge < -0.3 is 9.26 Å². The fraction of sp³-hybridized carbons (Fsp3) is 0.500. The molecule has 1 aliphatic heterocycles. The highest BCUT2D eigenvalue weighted by Crippen LogP contribution is 2.28. The van der Waals surface area contributed by atoms with Gasteiger partial charge in [-0.25, -0.2) is 8.42 Å². The van der Waals surface area contributed by atoms with E-state index >= 15 is 0 Å². The van der Waals surface area contributed by atoms with E-state index in [0.29, 0.717) is 24.5 Å². The van der Waals surface area contributed by atoms with Gasteiger partial charge in [0.1, 0.15) is 0 Å². The van der Waals surface area contributed by atoms with Crippen LogP contribution >= 0.6 is 0 Å². The molecule has 2 unspecified atom stereocenters. The number of ether oxygens (including phenoxy) is 1. The van der Waals surface area contributed by atoms with Gasteiger partial charge in [0.2, 0.25) is 15.9 Å². The molecule has 0 bridgehead atoms. The van der Waals surface area contributed by atoms with Gasteiger partial charge in [-0.15, -0.1) is 0 Å². The number of hydrogen-bond acceptors (Lipinski definition) is 6. The van der Waals surface area contributed by atoms with Crippen LogP contribution < -0.4 is 5.32 Å². The van der Waals surface area contributed by atoms with Crippen molar-refractivity contribution in [2.45, 2.75) is 56.6 Å². The normalized spacial score (nSPS) is 22.8. The molecule has 2 aliphatic rings. The molecule has 8 nitrogen and oxygen atoms in total. The van der Waals surface area contributed by atoms with Gasteiger partial charge in [0.15, 0.2) is 0 Å². The smallest absolute Gasteiger partial charge is 0.258 e. The number of fused-ring (bicyclic) bond motifs is 1. The van der Waals surface area contributed by atoms with Gasteiger partial charge in [0.25, 0.3) is 5.91 Å². The van der Waals surface area contributed by atoms with Crippen molar-refractivity contribution in [2.24, 2.45) is 0 Å². The number of nitrogens with zero attached hydrogens (tertiary/aromatic N) is 2. The van der Waals surface area contributed by atoms with Crippen LogP contribution in [0, 0.1) is 0 Å². The monoisotopic (exact) mass is 419 g/mol. The first-order valence-electron chi connectivity index (χ1n) is 9.89. The summed E-state index contributed by atoms with van der Waals surface area (Å²) in [7, 11) is -3.64. The fourth-order valence-electron chi connectivity index (χ4n) is 3.92. The van der Waals surface area contributed by atoms with Crippen LogP contribution in [0.15, 0.2) is 33.7 Å². The third-order valence-electron chi connectivity index (χ3n) is 5.33. The number of carbonyl (C=O) groups is 1. The standard InChI is InChI=1S/C20H25N3O5S/c1-13-11-23(12-14(2)27-13)29(25,26)16-9-7-15(8-10-16)19(24)21-20-17-5-3-4-6-18(17)22-28-20/h7-10,13-14H,3-6,11-12H2,1-2H3,(H,21,24). The maximum Gasteiger partial charge on any atom is 0.258 e. The molecule has 0 spiro atoms. The molecular weight excluding hydrogens is 394 g/mol. The van der Waals surface area contributed by atoms with Crippen molar-refractivity contribution in [3.05, 3.63) is 41.1 Å². The minimum atomic E-state index is -3.64. The maximum absolute atomic E-state index is 12.9. The van der Waals surface area contributed by atoms with Crippen molar-refractivity contribution in [3.63, 3.8) is 0 Å². The molecule has 1 fully saturated rings. The molecule has 1 aromatic heterocycles. The van der Waals surface area contributed by atoms with E-state index in [0.717, 1.165) is 36.9 Å². The van der Waals surface area contributed by atoms with Crippen LogP contribution in [0.1, 0.15) is 48.3 Å². The molecule has 1 aliphatic carbocycles. The summed E-state index contributed by atoms with van der Waals surface area (Å²) in [5.74, 6) is 0.0322. The number of sulfonamides is 1. The second kappa shape index (κ2) is 7.89. The first-order chi connectivity index (χ1) is 13.8. The lowest BCUT2D eigenvalue weighted by molar-refractivity contribution is -0.0440. The molecular formula is C20H25N3O5S. The summed E-state index contributed by atoms with van der Waals surface area (Å²) < 4.78 is 38.2. The predicted octanol–water partition coefficient (Wildman–Crippen LogP) is 2.60. The number of aromatic nitrogens is 1. The molecule has 0 radical (unpaired) electrons. The highest BCUT2D eigenvalue weighted by atomic mass is 32.2. The number of carbonyl (C=O) groups excluding carboxylic acids is 1. The Balaban J connectivity index is 1.48. The minimum absolute atomic E-state index is 0.160. The van der Waals surface area contributed by atoms with E-state index in [2.05, 4.69) is 10.5 Å². The Kier molecular flexibility index (Phi) is 5.46. The molecule has 1 aromatic carbocycles. The Morgan fingerprint density at radius 1 is 1.10 bits per heavy atom. The molecule has 1 saturated heterocycles. The van der Waals surface area contributed by atoms with Crippen molar-refractivity contribution in [1.29, 1.82) is 0 Å². The third kappa shape index (κ3) is 4.08. The lowest BCUT2D eigenvalue weighted by Crippen LogP contribution is -2.48. The summed E-state index contributed by atoms with van der Waals surface area (Å²) in [6.45, 7) is 4.33. The first-order valence-corrected chi connectivity index (χ1v) is 11.3. The predicted molar refractivity (Wildman–Crippen MR) is 106 cm³/mol. The van der Waals surface area contributed by atoms with Crippen LogP contribution in [0.2, 0.25) is 0 Å². The molecule has 1 N–H and O–H groups in total. The summed E-state index contributed by atoms with van der Waals surface area (Å²) in [5.41, 5.74) is 2.22. The number of hydrogen-bond donors (Lipinski definition) is 1. The molecule has 2 aromatic rings. The van der Waals surface area contributed by atoms with Gasteiger partial charge in [-0.3, -0.25) is 10.1 Å². The van der Waals surface area contributed by atoms with Crippen molar-refractivity contribution in [3.8, 4) is 0 Å². The van der Waals surface area contributed by atoms with Crippen LogP contribution in [-0.4, -0.2) is 49.1 Å². The number of anilines is 1. The largest absolute Gasteiger partial charge is 0.373 e. The van der Waals surface area contributed by atoms with E-state index < -0.39 is 10.0 Å². The van der Waals surface area contributed by atoms with E-state index in [1.54, 1.807) is 0 Å². The molecule has 2 atom stereocenters. The lowest BCUT2D eigenvalue weighted by Gasteiger charge is -2.34. The molecule has 2 heterocycles. The van der Waals surface area contributed by atoms with Gasteiger partial charge >= 0.3 is 0 Å². The summed E-state index contributed by atoms with van der Waals surface area (Å²) in [6.07, 6.45) is 3.49. The van der Waals surface area contributed by atoms with E-state index in [1.165, 1.54) is 28.6 Å². The molecule has 4 rings (SSSR count). The second-order valence-electron chi connectivity index (χ2n) is 7.70. The average Bonchev–Trinajstić information content (AvgIpc) is 3.10. The minimum Gasteiger partial charge on any atom is -0.373 e. The number of amides is 1. The molecule has 29 heavy (non-hydrogen) atoms. The van der Waals surface area contributed by atoms with Crippen LogP contribution in [-0.2, 0) is 27.6 Å². The lowest BCUT2D eigenvalue weighted by atomic mass is 9.97. The molecule has 156 valence electrons. The highest BCUT2D eigenvalue weighted by Gasteiger charge is 2.32. The van der Waals surface area contributed by atoms with E-state index in [1.807, 2.05) is 13.8 Å². The Labute approximate surface area is 170 Å². The molecule has 0 saturated carbocycles. The zero-order valence-corrected chi connectivity index (χ0v) is 17.4. The topological polar surface area (TPSA) is 102 Å². The number of nitrogens with one attached hydrogen (secondary N) is 1. The number of aryl methyl sites for hydroxylation is 1. The summed E-state index contributed by atoms with van der Waals surface area (Å²) in [6, 6.07) is 5.95. The van der Waals surface area contributed by atoms with Crippen LogP contribution in [0.5, 0.6) is 0 Å². The van der Waals surface area contributed by atoms with Crippen molar-refractivity contribution in [1.82, 2.24) is 9.46 Å². The van der Waals surface area contributed by atoms with Crippen LogP contribution in [0.4, 0.5) is 5.88 Å². The molecule has 1 amide bonds. The van der Waals surface area contributed by atoms with Gasteiger partial charge in [-0.2, -0.15) is 4.31 Å². The number of benzene rings is 1. The first kappa shape index (κ1) is 20.1. The van der Waals surface area contributed by atoms with E-state index in [9.17, 15) is 13.2 Å². The number of morpholine rings is 1. The number of rotatable bonds is 4. The van der Waals surface area contributed by atoms with Gasteiger partial charge in [0, 0.05) is 24.2 Å². The van der Waals surface area contributed by atoms with Gasteiger partial charge in [-0.05, 0) is 63.8 Å². The second-order valence-corrected chi connectivity index (χ2v) is 9.64. The summed E-state index contributed by atoms with van der Waals surface area (Å²) in [4.78, 5) is 12.7. The fourth-order valence-corrected chi connectivity index (χ4v) is 5.51. The van der Waals surface area contributed by atoms with E-state index in [4.69, 9.17) is 9.26 Å². The van der Waals surface area contributed by atoms with Crippen molar-refractivity contribution < 1.29 is 22.5 Å². The quantitative estimate of drug-likeness (QED) is 0.817. The van der Waals surface area contributed by atoms with E-state index in [-0.39, 0.29) is 23.0 Å². The van der Waals surface area contributed by atoms with Gasteiger partial charge in [0.05, 0.1) is 22.8 Å². The van der Waals surface area contributed by atoms with Gasteiger partial charge in [-0.1, -0.05) is 5.16 Å². The average molecular weight is 420 g/mol. The Hall–Kier alpha value is -2.23. The zero-order chi connectivity index (χ0) is 20.6. The zero-order valence-electron chi connectivity index (χ0n) is 16.6. The summed E-state index contributed by atoms with van der Waals surface area (Å²) >= 11 is 0. The highest BCUT2D eigenvalue weighted by molar-refractivity contribution is 7.89. The summed E-state index contributed by atoms with van der Waals surface area (Å²) in [5, 5.41) is 6.78. The molecule has 9 heteroatoms. The maximum atomic E-state index is 12.9. The SMILES string of the molecule is CC1CN(S(=O)(=O)c2ccc(C(=O)Nc3onc4c3CCCC4)cc2)CC(C)O1. The van der Waals surface area contributed by atoms with Crippen molar-refractivity contribution in [2.75, 3.05) is 18.4 Å². The Morgan fingerprint density at radius 3 is 2.45 bits per heavy atom. The van der Waals surface area contributed by atoms with Crippen LogP contribution in [0.3, 0.4) is 0 Å². The third-order valence-corrected chi connectivity index (χ3v) is 7.17.